The number of anilines is 2. The van der Waals surface area contributed by atoms with Gasteiger partial charge in [0.05, 0.1) is 0 Å². The van der Waals surface area contributed by atoms with Gasteiger partial charge < -0.3 is 15.2 Å². The first-order valence-electron chi connectivity index (χ1n) is 5.55. The first-order valence-corrected chi connectivity index (χ1v) is 6.43. The highest BCUT2D eigenvalue weighted by Gasteiger charge is 2.05. The monoisotopic (exact) mass is 293 g/mol. The Bertz CT molecular complexity index is 601. The molecule has 0 aliphatic carbocycles. The highest BCUT2D eigenvalue weighted by Crippen LogP contribution is 2.18. The molecule has 2 amide bonds. The first-order chi connectivity index (χ1) is 9.63. The van der Waals surface area contributed by atoms with Crippen molar-refractivity contribution in [1.29, 1.82) is 0 Å². The highest BCUT2D eigenvalue weighted by molar-refractivity contribution is 7.13. The van der Waals surface area contributed by atoms with Crippen LogP contribution in [0.4, 0.5) is 15.6 Å². The molecule has 0 fully saturated rings. The van der Waals surface area contributed by atoms with Gasteiger partial charge >= 0.3 is 12.0 Å². The van der Waals surface area contributed by atoms with E-state index < -0.39 is 18.6 Å². The molecule has 0 aliphatic rings. The number of carbonyl (C=O) groups is 2. The molecule has 0 saturated carbocycles. The predicted molar refractivity (Wildman–Crippen MR) is 74.3 cm³/mol. The molecule has 0 bridgehead atoms. The van der Waals surface area contributed by atoms with Gasteiger partial charge in [-0.25, -0.2) is 14.6 Å². The smallest absolute Gasteiger partial charge is 0.341 e. The summed E-state index contributed by atoms with van der Waals surface area (Å²) >= 11 is 1.30. The van der Waals surface area contributed by atoms with Crippen molar-refractivity contribution in [2.75, 3.05) is 17.2 Å². The fourth-order valence-electron chi connectivity index (χ4n) is 1.35. The molecule has 0 saturated heterocycles. The molecule has 1 aromatic carbocycles. The van der Waals surface area contributed by atoms with Crippen LogP contribution >= 0.6 is 11.3 Å². The Kier molecular flexibility index (Phi) is 4.51. The summed E-state index contributed by atoms with van der Waals surface area (Å²) in [6.45, 7) is -0.436. The van der Waals surface area contributed by atoms with Crippen LogP contribution in [0, 0.1) is 0 Å². The van der Waals surface area contributed by atoms with Crippen molar-refractivity contribution in [1.82, 2.24) is 4.98 Å². The van der Waals surface area contributed by atoms with Crippen LogP contribution in [0.5, 0.6) is 5.75 Å². The van der Waals surface area contributed by atoms with Crippen molar-refractivity contribution in [3.63, 3.8) is 0 Å². The predicted octanol–water partition coefficient (Wildman–Crippen LogP) is 2.25. The number of amides is 2. The number of ether oxygens (including phenoxy) is 1. The van der Waals surface area contributed by atoms with Crippen LogP contribution in [0.2, 0.25) is 0 Å². The van der Waals surface area contributed by atoms with Gasteiger partial charge in [-0.1, -0.05) is 6.07 Å². The minimum Gasteiger partial charge on any atom is -0.482 e. The van der Waals surface area contributed by atoms with Crippen molar-refractivity contribution in [3.05, 3.63) is 35.8 Å². The number of thiazole rings is 1. The lowest BCUT2D eigenvalue weighted by atomic mass is 10.3. The second-order valence-corrected chi connectivity index (χ2v) is 4.52. The zero-order valence-electron chi connectivity index (χ0n) is 10.2. The molecule has 1 heterocycles. The largest absolute Gasteiger partial charge is 0.482 e. The number of carboxylic acid groups (broad SMARTS) is 1. The average molecular weight is 293 g/mol. The van der Waals surface area contributed by atoms with Gasteiger partial charge in [0.25, 0.3) is 0 Å². The van der Waals surface area contributed by atoms with Crippen LogP contribution in [0.1, 0.15) is 0 Å². The normalized spacial score (nSPS) is 9.80. The third-order valence-corrected chi connectivity index (χ3v) is 2.80. The molecule has 2 aromatic rings. The van der Waals surface area contributed by atoms with Gasteiger partial charge in [-0.05, 0) is 12.1 Å². The Labute approximate surface area is 118 Å². The molecule has 104 valence electrons. The van der Waals surface area contributed by atoms with Gasteiger partial charge in [0.2, 0.25) is 0 Å². The maximum atomic E-state index is 11.7. The fraction of sp³-hybridized carbons (Fsp3) is 0.0833. The van der Waals surface area contributed by atoms with E-state index in [-0.39, 0.29) is 0 Å². The van der Waals surface area contributed by atoms with Gasteiger partial charge in [0, 0.05) is 23.3 Å². The number of urea groups is 1. The van der Waals surface area contributed by atoms with Crippen molar-refractivity contribution in [2.24, 2.45) is 0 Å². The van der Waals surface area contributed by atoms with Gasteiger partial charge in [-0.3, -0.25) is 5.32 Å². The summed E-state index contributed by atoms with van der Waals surface area (Å²) in [4.78, 5) is 26.0. The molecule has 20 heavy (non-hydrogen) atoms. The van der Waals surface area contributed by atoms with Crippen LogP contribution in [0.15, 0.2) is 35.8 Å². The molecule has 0 spiro atoms. The van der Waals surface area contributed by atoms with Gasteiger partial charge in [-0.15, -0.1) is 11.3 Å². The number of carbonyl (C=O) groups excluding carboxylic acids is 1. The van der Waals surface area contributed by atoms with E-state index in [0.29, 0.717) is 16.6 Å². The van der Waals surface area contributed by atoms with Crippen LogP contribution in [0.3, 0.4) is 0 Å². The zero-order valence-corrected chi connectivity index (χ0v) is 11.0. The van der Waals surface area contributed by atoms with Crippen LogP contribution < -0.4 is 15.4 Å². The van der Waals surface area contributed by atoms with Crippen LogP contribution in [-0.4, -0.2) is 28.7 Å². The molecular formula is C12H11N3O4S. The van der Waals surface area contributed by atoms with Crippen LogP contribution in [0.25, 0.3) is 0 Å². The standard InChI is InChI=1S/C12H11N3O4S/c16-10(17)7-19-9-3-1-2-8(6-9)14-11(18)15-12-13-4-5-20-12/h1-6H,7H2,(H,16,17)(H2,13,14,15,18). The Balaban J connectivity index is 1.93. The number of nitrogens with one attached hydrogen (secondary N) is 2. The van der Waals surface area contributed by atoms with E-state index in [9.17, 15) is 9.59 Å². The van der Waals surface area contributed by atoms with E-state index in [0.717, 1.165) is 0 Å². The maximum Gasteiger partial charge on any atom is 0.341 e. The molecule has 2 rings (SSSR count). The lowest BCUT2D eigenvalue weighted by Crippen LogP contribution is -2.19. The second-order valence-electron chi connectivity index (χ2n) is 3.63. The maximum absolute atomic E-state index is 11.7. The number of hydrogen-bond acceptors (Lipinski definition) is 5. The Morgan fingerprint density at radius 3 is 2.90 bits per heavy atom. The van der Waals surface area contributed by atoms with Crippen molar-refractivity contribution < 1.29 is 19.4 Å². The van der Waals surface area contributed by atoms with Gasteiger partial charge in [0.15, 0.2) is 11.7 Å². The topological polar surface area (TPSA) is 101 Å². The highest BCUT2D eigenvalue weighted by atomic mass is 32.1. The van der Waals surface area contributed by atoms with Gasteiger partial charge in [0.1, 0.15) is 5.75 Å². The Morgan fingerprint density at radius 2 is 2.20 bits per heavy atom. The molecule has 8 heteroatoms. The number of rotatable bonds is 5. The summed E-state index contributed by atoms with van der Waals surface area (Å²) in [5.41, 5.74) is 0.488. The van der Waals surface area contributed by atoms with E-state index in [1.54, 1.807) is 29.8 Å². The fourth-order valence-corrected chi connectivity index (χ4v) is 1.88. The lowest BCUT2D eigenvalue weighted by Gasteiger charge is -2.08. The Morgan fingerprint density at radius 1 is 1.35 bits per heavy atom. The van der Waals surface area contributed by atoms with E-state index in [1.807, 2.05) is 0 Å². The molecular weight excluding hydrogens is 282 g/mol. The third-order valence-electron chi connectivity index (χ3n) is 2.11. The first kappa shape index (κ1) is 13.8. The lowest BCUT2D eigenvalue weighted by molar-refractivity contribution is -0.139. The number of nitrogens with zero attached hydrogens (tertiary/aromatic N) is 1. The number of hydrogen-bond donors (Lipinski definition) is 3. The van der Waals surface area contributed by atoms with Gasteiger partial charge in [-0.2, -0.15) is 0 Å². The average Bonchev–Trinajstić information content (AvgIpc) is 2.89. The zero-order chi connectivity index (χ0) is 14.4. The number of aliphatic carboxylic acids is 1. The van der Waals surface area contributed by atoms with E-state index in [2.05, 4.69) is 15.6 Å². The molecule has 7 nitrogen and oxygen atoms in total. The summed E-state index contributed by atoms with van der Waals surface area (Å²) in [5.74, 6) is -0.704. The Hall–Kier alpha value is -2.61. The summed E-state index contributed by atoms with van der Waals surface area (Å²) in [7, 11) is 0. The summed E-state index contributed by atoms with van der Waals surface area (Å²) in [5, 5.41) is 15.9. The summed E-state index contributed by atoms with van der Waals surface area (Å²) in [6.07, 6.45) is 1.58. The quantitative estimate of drug-likeness (QED) is 0.785. The molecule has 0 radical (unpaired) electrons. The number of carboxylic acids is 1. The number of benzene rings is 1. The van der Waals surface area contributed by atoms with E-state index >= 15 is 0 Å². The minimum atomic E-state index is -1.06. The van der Waals surface area contributed by atoms with E-state index in [1.165, 1.54) is 17.4 Å². The van der Waals surface area contributed by atoms with Crippen molar-refractivity contribution in [2.45, 2.75) is 0 Å². The van der Waals surface area contributed by atoms with Crippen molar-refractivity contribution >= 4 is 34.2 Å². The molecule has 0 unspecified atom stereocenters. The minimum absolute atomic E-state index is 0.361. The van der Waals surface area contributed by atoms with E-state index in [4.69, 9.17) is 9.84 Å². The molecule has 0 atom stereocenters. The number of aromatic nitrogens is 1. The SMILES string of the molecule is O=C(O)COc1cccc(NC(=O)Nc2nccs2)c1. The summed E-state index contributed by atoms with van der Waals surface area (Å²) in [6, 6.07) is 6.01. The van der Waals surface area contributed by atoms with Crippen LogP contribution in [-0.2, 0) is 4.79 Å². The summed E-state index contributed by atoms with van der Waals surface area (Å²) < 4.78 is 5.01. The van der Waals surface area contributed by atoms with Crippen molar-refractivity contribution in [3.8, 4) is 5.75 Å². The second kappa shape index (κ2) is 6.53. The third kappa shape index (κ3) is 4.25. The molecule has 1 aromatic heterocycles. The molecule has 3 N–H and O–H groups in total. The molecule has 0 aliphatic heterocycles.